The zero-order valence-electron chi connectivity index (χ0n) is 6.18. The minimum Gasteiger partial charge on any atom is -0.399 e. The van der Waals surface area contributed by atoms with Gasteiger partial charge in [-0.15, -0.1) is 5.10 Å². The molecule has 0 aliphatic carbocycles. The van der Waals surface area contributed by atoms with Crippen molar-refractivity contribution in [1.82, 2.24) is 20.3 Å². The van der Waals surface area contributed by atoms with Gasteiger partial charge in [-0.1, -0.05) is 10.3 Å². The van der Waals surface area contributed by atoms with Crippen molar-refractivity contribution in [1.29, 1.82) is 0 Å². The van der Waals surface area contributed by atoms with Gasteiger partial charge in [-0.3, -0.25) is 0 Å². The molecule has 2 heterocycles. The first-order chi connectivity index (χ1) is 5.75. The number of aryl methyl sites for hydroxylation is 1. The Bertz CT molecular complexity index is 354. The van der Waals surface area contributed by atoms with Crippen molar-refractivity contribution in [3.63, 3.8) is 0 Å². The summed E-state index contributed by atoms with van der Waals surface area (Å²) in [4.78, 5) is 3.86. The molecule has 0 bridgehead atoms. The summed E-state index contributed by atoms with van der Waals surface area (Å²) in [5.41, 5.74) is 5.19. The second-order valence-corrected chi connectivity index (χ2v) is 2.09. The highest BCUT2D eigenvalue weighted by molar-refractivity contribution is 5.36. The van der Waals surface area contributed by atoms with E-state index >= 15 is 0 Å². The Morgan fingerprint density at radius 1 is 1.25 bits per heavy atom. The van der Waals surface area contributed by atoms with E-state index in [1.54, 1.807) is 6.92 Å². The van der Waals surface area contributed by atoms with E-state index in [4.69, 9.17) is 14.7 Å². The number of nitrogens with two attached hydrogens (primary N) is 1. The van der Waals surface area contributed by atoms with Crippen LogP contribution in [-0.2, 0) is 0 Å². The normalized spacial score (nSPS) is 10.4. The lowest BCUT2D eigenvalue weighted by molar-refractivity contribution is 0.410. The van der Waals surface area contributed by atoms with Gasteiger partial charge in [0.05, 0.1) is 0 Å². The Morgan fingerprint density at radius 3 is 2.58 bits per heavy atom. The van der Waals surface area contributed by atoms with Crippen LogP contribution < -0.4 is 5.73 Å². The smallest absolute Gasteiger partial charge is 0.315 e. The largest absolute Gasteiger partial charge is 0.399 e. The van der Waals surface area contributed by atoms with Gasteiger partial charge in [0.15, 0.2) is 5.82 Å². The fourth-order valence-corrected chi connectivity index (χ4v) is 0.705. The van der Waals surface area contributed by atoms with Crippen LogP contribution in [0, 0.1) is 6.92 Å². The van der Waals surface area contributed by atoms with E-state index in [1.807, 2.05) is 0 Å². The lowest BCUT2D eigenvalue weighted by atomic mass is 10.6. The van der Waals surface area contributed by atoms with Crippen molar-refractivity contribution in [3.8, 4) is 11.8 Å². The number of hydrogen-bond donors (Lipinski definition) is 1. The molecule has 0 atom stereocenters. The van der Waals surface area contributed by atoms with E-state index in [1.165, 1.54) is 0 Å². The quantitative estimate of drug-likeness (QED) is 0.637. The third kappa shape index (κ3) is 1.00. The Balaban J connectivity index is 2.43. The van der Waals surface area contributed by atoms with E-state index in [0.717, 1.165) is 0 Å². The summed E-state index contributed by atoms with van der Waals surface area (Å²) >= 11 is 0. The monoisotopic (exact) mass is 167 g/mol. The molecule has 0 amide bonds. The van der Waals surface area contributed by atoms with E-state index in [2.05, 4.69) is 20.3 Å². The summed E-state index contributed by atoms with van der Waals surface area (Å²) in [5, 5.41) is 10.5. The Hall–Kier alpha value is -1.92. The number of nitrogens with zero attached hydrogens (tertiary/aromatic N) is 4. The highest BCUT2D eigenvalue weighted by atomic mass is 16.5. The predicted molar refractivity (Wildman–Crippen MR) is 36.7 cm³/mol. The van der Waals surface area contributed by atoms with Crippen LogP contribution >= 0.6 is 0 Å². The fraction of sp³-hybridized carbons (Fsp3) is 0.200. The van der Waals surface area contributed by atoms with Gasteiger partial charge in [0.1, 0.15) is 0 Å². The van der Waals surface area contributed by atoms with Gasteiger partial charge in [0.2, 0.25) is 0 Å². The Labute approximate surface area is 66.6 Å². The van der Waals surface area contributed by atoms with Crippen LogP contribution in [0.3, 0.4) is 0 Å². The van der Waals surface area contributed by atoms with Crippen LogP contribution in [0.15, 0.2) is 8.94 Å². The van der Waals surface area contributed by atoms with Gasteiger partial charge in [-0.05, 0) is 6.92 Å². The average molecular weight is 167 g/mol. The lowest BCUT2D eigenvalue weighted by Crippen LogP contribution is -1.81. The molecule has 0 unspecified atom stereocenters. The molecule has 7 heteroatoms. The molecule has 62 valence electrons. The van der Waals surface area contributed by atoms with E-state index in [-0.39, 0.29) is 17.8 Å². The van der Waals surface area contributed by atoms with Crippen molar-refractivity contribution in [2.45, 2.75) is 6.92 Å². The number of nitrogen functional groups attached to an aromatic ring is 1. The van der Waals surface area contributed by atoms with E-state index < -0.39 is 0 Å². The predicted octanol–water partition coefficient (Wildman–Crippen LogP) is 0.0102. The molecular formula is C5H5N5O2. The molecule has 2 aromatic rings. The van der Waals surface area contributed by atoms with Gasteiger partial charge >= 0.3 is 17.8 Å². The number of hydrogen-bond acceptors (Lipinski definition) is 7. The average Bonchev–Trinajstić information content (AvgIpc) is 2.58. The summed E-state index contributed by atoms with van der Waals surface area (Å²) < 4.78 is 9.59. The van der Waals surface area contributed by atoms with Gasteiger partial charge in [-0.25, -0.2) is 0 Å². The SMILES string of the molecule is Cc1noc(-c2nnc(N)o2)n1. The van der Waals surface area contributed by atoms with Crippen LogP contribution in [-0.4, -0.2) is 20.3 Å². The van der Waals surface area contributed by atoms with Gasteiger partial charge in [0.25, 0.3) is 0 Å². The topological polar surface area (TPSA) is 104 Å². The fourth-order valence-electron chi connectivity index (χ4n) is 0.705. The first-order valence-corrected chi connectivity index (χ1v) is 3.15. The van der Waals surface area contributed by atoms with Crippen molar-refractivity contribution in [3.05, 3.63) is 5.82 Å². The van der Waals surface area contributed by atoms with Crippen LogP contribution in [0.4, 0.5) is 6.01 Å². The molecule has 2 rings (SSSR count). The molecular weight excluding hydrogens is 162 g/mol. The first-order valence-electron chi connectivity index (χ1n) is 3.15. The molecule has 2 aromatic heterocycles. The lowest BCUT2D eigenvalue weighted by Gasteiger charge is -1.79. The summed E-state index contributed by atoms with van der Waals surface area (Å²) in [7, 11) is 0. The number of rotatable bonds is 1. The van der Waals surface area contributed by atoms with Crippen LogP contribution in [0.1, 0.15) is 5.82 Å². The molecule has 0 spiro atoms. The summed E-state index contributed by atoms with van der Waals surface area (Å²) in [6.07, 6.45) is 0. The zero-order valence-corrected chi connectivity index (χ0v) is 6.18. The molecule has 0 aliphatic heterocycles. The highest BCUT2D eigenvalue weighted by Crippen LogP contribution is 2.15. The number of anilines is 1. The van der Waals surface area contributed by atoms with Gasteiger partial charge in [-0.2, -0.15) is 4.98 Å². The van der Waals surface area contributed by atoms with Crippen molar-refractivity contribution in [2.75, 3.05) is 5.73 Å². The van der Waals surface area contributed by atoms with Crippen LogP contribution in [0.5, 0.6) is 0 Å². The van der Waals surface area contributed by atoms with E-state index in [9.17, 15) is 0 Å². The number of aromatic nitrogens is 4. The molecule has 0 aliphatic rings. The standard InChI is InChI=1S/C5H5N5O2/c1-2-7-3(12-10-2)4-8-9-5(6)11-4/h1H3,(H2,6,9). The molecule has 7 nitrogen and oxygen atoms in total. The second kappa shape index (κ2) is 2.29. The van der Waals surface area contributed by atoms with Crippen LogP contribution in [0.2, 0.25) is 0 Å². The minimum atomic E-state index is -0.0270. The maximum Gasteiger partial charge on any atom is 0.315 e. The third-order valence-electron chi connectivity index (χ3n) is 1.15. The molecule has 12 heavy (non-hydrogen) atoms. The van der Waals surface area contributed by atoms with Crippen molar-refractivity contribution in [2.24, 2.45) is 0 Å². The molecule has 0 saturated carbocycles. The minimum absolute atomic E-state index is 0.0270. The van der Waals surface area contributed by atoms with E-state index in [0.29, 0.717) is 5.82 Å². The molecule has 2 N–H and O–H groups in total. The Kier molecular flexibility index (Phi) is 1.29. The van der Waals surface area contributed by atoms with Crippen molar-refractivity contribution >= 4 is 6.01 Å². The summed E-state index contributed by atoms with van der Waals surface area (Å²) in [6, 6.07) is -0.0270. The summed E-state index contributed by atoms with van der Waals surface area (Å²) in [6.45, 7) is 1.69. The third-order valence-corrected chi connectivity index (χ3v) is 1.15. The molecule has 0 fully saturated rings. The molecule has 0 saturated heterocycles. The van der Waals surface area contributed by atoms with Gasteiger partial charge in [0, 0.05) is 0 Å². The van der Waals surface area contributed by atoms with Crippen LogP contribution in [0.25, 0.3) is 11.8 Å². The Morgan fingerprint density at radius 2 is 2.08 bits per heavy atom. The first kappa shape index (κ1) is 6.77. The second-order valence-electron chi connectivity index (χ2n) is 2.09. The highest BCUT2D eigenvalue weighted by Gasteiger charge is 2.12. The summed E-state index contributed by atoms with van der Waals surface area (Å²) in [5.74, 6) is 0.812. The maximum atomic E-state index is 5.19. The van der Waals surface area contributed by atoms with Gasteiger partial charge < -0.3 is 14.7 Å². The van der Waals surface area contributed by atoms with Crippen molar-refractivity contribution < 1.29 is 8.94 Å². The molecule has 0 aromatic carbocycles. The molecule has 0 radical (unpaired) electrons. The zero-order chi connectivity index (χ0) is 8.55. The maximum absolute atomic E-state index is 5.19.